The summed E-state index contributed by atoms with van der Waals surface area (Å²) in [7, 11) is -3.91. The van der Waals surface area contributed by atoms with E-state index in [1.165, 1.54) is 19.1 Å². The number of alkyl halides is 2. The van der Waals surface area contributed by atoms with Gasteiger partial charge in [-0.15, -0.1) is 0 Å². The maximum Gasteiger partial charge on any atom is 0.325 e. The Hall–Kier alpha value is -2.61. The molecular weight excluding hydrogens is 634 g/mol. The quantitative estimate of drug-likeness (QED) is 0.253. The largest absolute Gasteiger partial charge is 0.480 e. The van der Waals surface area contributed by atoms with Gasteiger partial charge in [0.05, 0.1) is 22.1 Å². The summed E-state index contributed by atoms with van der Waals surface area (Å²) in [5, 5.41) is 14.7. The second-order valence-electron chi connectivity index (χ2n) is 7.82. The summed E-state index contributed by atoms with van der Waals surface area (Å²) >= 11 is 5.99. The van der Waals surface area contributed by atoms with Crippen molar-refractivity contribution in [2.75, 3.05) is 17.2 Å². The summed E-state index contributed by atoms with van der Waals surface area (Å²) in [6.07, 6.45) is 0.107. The number of hydrogen-bond acceptors (Lipinski definition) is 6. The van der Waals surface area contributed by atoms with Crippen LogP contribution in [0.15, 0.2) is 59.5 Å². The van der Waals surface area contributed by atoms with E-state index in [1.807, 2.05) is 6.92 Å². The highest BCUT2D eigenvalue weighted by Gasteiger charge is 2.25. The second-order valence-corrected chi connectivity index (χ2v) is 10.7. The molecule has 202 valence electrons. The Kier molecular flexibility index (Phi) is 14.3. The van der Waals surface area contributed by atoms with Gasteiger partial charge in [0.15, 0.2) is 5.78 Å². The van der Waals surface area contributed by atoms with E-state index in [-0.39, 0.29) is 17.1 Å². The fraction of sp³-hybridized carbons (Fsp3) is 0.333. The lowest BCUT2D eigenvalue weighted by Gasteiger charge is -2.20. The number of halogens is 2. The maximum atomic E-state index is 12.5. The topological polar surface area (TPSA) is 159 Å². The summed E-state index contributed by atoms with van der Waals surface area (Å²) in [6, 6.07) is 12.7. The molecule has 0 saturated heterocycles. The zero-order chi connectivity index (χ0) is 28.0. The number of sulfonamides is 1. The van der Waals surface area contributed by atoms with E-state index in [1.54, 1.807) is 42.5 Å². The average molecular weight is 663 g/mol. The predicted octanol–water partition coefficient (Wildman–Crippen LogP) is 1.94. The summed E-state index contributed by atoms with van der Waals surface area (Å²) < 4.78 is 26.9. The molecule has 0 radical (unpaired) electrons. The fourth-order valence-electron chi connectivity index (χ4n) is 2.68. The van der Waals surface area contributed by atoms with Crippen LogP contribution in [0.1, 0.15) is 18.1 Å². The third kappa shape index (κ3) is 12.5. The number of amides is 2. The molecule has 2 rings (SSSR count). The van der Waals surface area contributed by atoms with Gasteiger partial charge < -0.3 is 15.7 Å². The number of carbonyl (C=O) groups excluding carboxylic acids is 3. The van der Waals surface area contributed by atoms with Crippen LogP contribution in [0.4, 0.5) is 0 Å². The summed E-state index contributed by atoms with van der Waals surface area (Å²) in [4.78, 5) is 46.0. The van der Waals surface area contributed by atoms with E-state index in [0.717, 1.165) is 11.1 Å². The number of ketones is 1. The molecular formula is C24H29Br2N3O7S. The molecule has 0 unspecified atom stereocenters. The van der Waals surface area contributed by atoms with Crippen molar-refractivity contribution < 1.29 is 32.7 Å². The second kappa shape index (κ2) is 16.3. The first-order chi connectivity index (χ1) is 17.4. The number of benzene rings is 2. The van der Waals surface area contributed by atoms with Gasteiger partial charge >= 0.3 is 5.97 Å². The van der Waals surface area contributed by atoms with Gasteiger partial charge in [0.2, 0.25) is 21.8 Å². The van der Waals surface area contributed by atoms with Crippen molar-refractivity contribution in [3.8, 4) is 0 Å². The molecule has 2 aromatic rings. The molecule has 0 aliphatic carbocycles. The number of aryl methyl sites for hydroxylation is 1. The molecule has 4 N–H and O–H groups in total. The average Bonchev–Trinajstić information content (AvgIpc) is 2.87. The highest BCUT2D eigenvalue weighted by atomic mass is 79.9. The molecule has 0 spiro atoms. The van der Waals surface area contributed by atoms with E-state index < -0.39 is 46.4 Å². The number of aliphatic carboxylic acids is 1. The lowest BCUT2D eigenvalue weighted by atomic mass is 10.0. The lowest BCUT2D eigenvalue weighted by Crippen LogP contribution is -2.53. The van der Waals surface area contributed by atoms with Crippen molar-refractivity contribution in [1.82, 2.24) is 15.4 Å². The van der Waals surface area contributed by atoms with Crippen LogP contribution in [0.3, 0.4) is 0 Å². The molecule has 0 saturated carbocycles. The van der Waals surface area contributed by atoms with Crippen molar-refractivity contribution >= 4 is 65.5 Å². The van der Waals surface area contributed by atoms with Crippen molar-refractivity contribution in [2.24, 2.45) is 0 Å². The van der Waals surface area contributed by atoms with Gasteiger partial charge in [-0.3, -0.25) is 19.2 Å². The van der Waals surface area contributed by atoms with E-state index in [9.17, 15) is 27.6 Å². The first kappa shape index (κ1) is 32.4. The highest BCUT2D eigenvalue weighted by molar-refractivity contribution is 9.10. The van der Waals surface area contributed by atoms with Gasteiger partial charge in [-0.25, -0.2) is 13.1 Å². The number of carboxylic acids is 1. The lowest BCUT2D eigenvalue weighted by molar-refractivity contribution is -0.141. The molecule has 13 heteroatoms. The molecule has 10 nitrogen and oxygen atoms in total. The molecule has 0 fully saturated rings. The normalized spacial score (nSPS) is 12.3. The summed E-state index contributed by atoms with van der Waals surface area (Å²) in [5.74, 6) is -2.46. The molecule has 2 aromatic carbocycles. The minimum Gasteiger partial charge on any atom is -0.480 e. The predicted molar refractivity (Wildman–Crippen MR) is 146 cm³/mol. The van der Waals surface area contributed by atoms with E-state index >= 15 is 0 Å². The SMILES string of the molecule is Cc1ccc(S(=O)(=O)NCC(=O)N[C@@H](Cc2ccccc2)C(=O)N[C@@H](C)C(=O)O)cc1.O=C(CBr)CBr. The molecule has 0 bridgehead atoms. The van der Waals surface area contributed by atoms with Crippen molar-refractivity contribution in [3.05, 3.63) is 65.7 Å². The van der Waals surface area contributed by atoms with Gasteiger partial charge in [0.25, 0.3) is 0 Å². The van der Waals surface area contributed by atoms with E-state index in [2.05, 4.69) is 47.2 Å². The first-order valence-corrected chi connectivity index (χ1v) is 14.7. The molecule has 0 aliphatic heterocycles. The third-order valence-corrected chi connectivity index (χ3v) is 7.38. The van der Waals surface area contributed by atoms with E-state index in [4.69, 9.17) is 5.11 Å². The number of nitrogens with one attached hydrogen (secondary N) is 3. The summed E-state index contributed by atoms with van der Waals surface area (Å²) in [5.41, 5.74) is 1.63. The van der Waals surface area contributed by atoms with Crippen molar-refractivity contribution in [1.29, 1.82) is 0 Å². The minimum absolute atomic E-state index is 0.0137. The Morgan fingerprint density at radius 3 is 1.97 bits per heavy atom. The molecule has 0 heterocycles. The number of hydrogen-bond donors (Lipinski definition) is 4. The number of carboxylic acid groups (broad SMARTS) is 1. The third-order valence-electron chi connectivity index (χ3n) is 4.72. The van der Waals surface area contributed by atoms with Gasteiger partial charge in [-0.2, -0.15) is 0 Å². The van der Waals surface area contributed by atoms with E-state index in [0.29, 0.717) is 10.7 Å². The molecule has 2 atom stereocenters. The van der Waals surface area contributed by atoms with Gasteiger partial charge in [-0.1, -0.05) is 79.9 Å². The van der Waals surface area contributed by atoms with Crippen LogP contribution < -0.4 is 15.4 Å². The zero-order valence-electron chi connectivity index (χ0n) is 20.2. The Labute approximate surface area is 232 Å². The first-order valence-electron chi connectivity index (χ1n) is 11.0. The Balaban J connectivity index is 0.00000102. The smallest absolute Gasteiger partial charge is 0.325 e. The van der Waals surface area contributed by atoms with Gasteiger partial charge in [-0.05, 0) is 31.5 Å². The molecule has 0 aromatic heterocycles. The standard InChI is InChI=1S/C21H25N3O6S.C3H4Br2O/c1-14-8-10-17(11-9-14)31(29,30)22-13-19(25)24-18(12-16-6-4-3-5-7-16)20(26)23-15(2)21(27)28;4-1-3(6)2-5/h3-11,15,18,22H,12-13H2,1-2H3,(H,23,26)(H,24,25)(H,27,28);1-2H2/t15-,18-;/m0./s1. The van der Waals surface area contributed by atoms with Crippen LogP contribution in [0.25, 0.3) is 0 Å². The van der Waals surface area contributed by atoms with Crippen LogP contribution in [0, 0.1) is 6.92 Å². The van der Waals surface area contributed by atoms with Crippen LogP contribution in [0.2, 0.25) is 0 Å². The van der Waals surface area contributed by atoms with Crippen LogP contribution in [0.5, 0.6) is 0 Å². The van der Waals surface area contributed by atoms with Crippen LogP contribution >= 0.6 is 31.9 Å². The Morgan fingerprint density at radius 2 is 1.49 bits per heavy atom. The van der Waals surface area contributed by atoms with Crippen molar-refractivity contribution in [2.45, 2.75) is 37.2 Å². The Morgan fingerprint density at radius 1 is 0.919 bits per heavy atom. The number of Topliss-reactive ketones (excluding diaryl/α,β-unsaturated/α-hetero) is 1. The highest BCUT2D eigenvalue weighted by Crippen LogP contribution is 2.09. The number of carbonyl (C=O) groups is 4. The van der Waals surface area contributed by atoms with Crippen LogP contribution in [-0.4, -0.2) is 66.4 Å². The van der Waals surface area contributed by atoms with Crippen molar-refractivity contribution in [3.63, 3.8) is 0 Å². The van der Waals surface area contributed by atoms with Crippen LogP contribution in [-0.2, 0) is 35.6 Å². The molecule has 0 aliphatic rings. The summed E-state index contributed by atoms with van der Waals surface area (Å²) in [6.45, 7) is 2.54. The van der Waals surface area contributed by atoms with Gasteiger partial charge in [0.1, 0.15) is 12.1 Å². The molecule has 37 heavy (non-hydrogen) atoms. The van der Waals surface area contributed by atoms with Gasteiger partial charge in [0, 0.05) is 6.42 Å². The fourth-order valence-corrected chi connectivity index (χ4v) is 4.59. The molecule has 2 amide bonds. The number of rotatable bonds is 12. The Bertz CT molecular complexity index is 1150. The maximum absolute atomic E-state index is 12.5. The minimum atomic E-state index is -3.91. The monoisotopic (exact) mass is 661 g/mol. The zero-order valence-corrected chi connectivity index (χ0v) is 24.2.